The van der Waals surface area contributed by atoms with Crippen molar-refractivity contribution in [2.45, 2.75) is 52.4 Å². The Kier molecular flexibility index (Phi) is 7.43. The van der Waals surface area contributed by atoms with Gasteiger partial charge >= 0.3 is 5.97 Å². The van der Waals surface area contributed by atoms with Crippen LogP contribution in [0.3, 0.4) is 0 Å². The third kappa shape index (κ3) is 5.76. The molecule has 5 heteroatoms. The van der Waals surface area contributed by atoms with Crippen molar-refractivity contribution < 1.29 is 24.5 Å². The zero-order valence-corrected chi connectivity index (χ0v) is 13.2. The van der Waals surface area contributed by atoms with E-state index in [1.165, 1.54) is 13.0 Å². The van der Waals surface area contributed by atoms with Gasteiger partial charge in [-0.2, -0.15) is 0 Å². The third-order valence-electron chi connectivity index (χ3n) is 3.37. The van der Waals surface area contributed by atoms with Gasteiger partial charge in [0.1, 0.15) is 11.5 Å². The molecule has 122 valence electrons. The summed E-state index contributed by atoms with van der Waals surface area (Å²) < 4.78 is 5.69. The molecule has 0 amide bonds. The average Bonchev–Trinajstić information content (AvgIpc) is 2.44. The summed E-state index contributed by atoms with van der Waals surface area (Å²) in [6.45, 7) is 3.93. The highest BCUT2D eigenvalue weighted by atomic mass is 16.5. The number of Topliss-reactive ketones (excluding diaryl/α,β-unsaturated/α-hetero) is 1. The van der Waals surface area contributed by atoms with Crippen molar-refractivity contribution in [1.82, 2.24) is 0 Å². The molecule has 0 aromatic heterocycles. The molecule has 1 aromatic rings. The number of benzene rings is 1. The molecule has 0 atom stereocenters. The molecule has 2 N–H and O–H groups in total. The molecular weight excluding hydrogens is 284 g/mol. The summed E-state index contributed by atoms with van der Waals surface area (Å²) in [5.41, 5.74) is 1.23. The molecule has 1 rings (SSSR count). The molecular formula is C17H24O5. The van der Waals surface area contributed by atoms with E-state index in [0.29, 0.717) is 24.3 Å². The van der Waals surface area contributed by atoms with Crippen LogP contribution < -0.4 is 4.74 Å². The largest absolute Gasteiger partial charge is 0.507 e. The third-order valence-corrected chi connectivity index (χ3v) is 3.37. The fourth-order valence-electron chi connectivity index (χ4n) is 2.23. The van der Waals surface area contributed by atoms with E-state index in [-0.39, 0.29) is 18.0 Å². The number of hydrogen-bond acceptors (Lipinski definition) is 4. The van der Waals surface area contributed by atoms with Crippen LogP contribution in [0.5, 0.6) is 11.5 Å². The zero-order valence-electron chi connectivity index (χ0n) is 13.2. The van der Waals surface area contributed by atoms with Crippen LogP contribution in [-0.2, 0) is 11.2 Å². The first-order valence-electron chi connectivity index (χ1n) is 7.67. The SMILES string of the molecule is CCCc1cc(C(C)=O)c(O)cc1OCCCCCC(=O)O. The summed E-state index contributed by atoms with van der Waals surface area (Å²) in [6.07, 6.45) is 4.04. The summed E-state index contributed by atoms with van der Waals surface area (Å²) in [5.74, 6) is -0.415. The van der Waals surface area contributed by atoms with Crippen LogP contribution >= 0.6 is 0 Å². The number of carboxylic acids is 1. The number of phenols is 1. The van der Waals surface area contributed by atoms with Gasteiger partial charge in [-0.15, -0.1) is 0 Å². The summed E-state index contributed by atoms with van der Waals surface area (Å²) in [7, 11) is 0. The first-order valence-corrected chi connectivity index (χ1v) is 7.67. The molecule has 0 aliphatic heterocycles. The second kappa shape index (κ2) is 9.07. The molecule has 0 saturated carbocycles. The topological polar surface area (TPSA) is 83.8 Å². The lowest BCUT2D eigenvalue weighted by molar-refractivity contribution is -0.137. The first-order chi connectivity index (χ1) is 10.5. The number of aromatic hydroxyl groups is 1. The lowest BCUT2D eigenvalue weighted by Gasteiger charge is -2.13. The van der Waals surface area contributed by atoms with E-state index in [1.54, 1.807) is 6.07 Å². The van der Waals surface area contributed by atoms with Crippen LogP contribution in [0.25, 0.3) is 0 Å². The van der Waals surface area contributed by atoms with Crippen LogP contribution in [0.4, 0.5) is 0 Å². The maximum absolute atomic E-state index is 11.5. The van der Waals surface area contributed by atoms with Crippen LogP contribution in [0, 0.1) is 0 Å². The number of hydrogen-bond donors (Lipinski definition) is 2. The lowest BCUT2D eigenvalue weighted by atomic mass is 10.0. The molecule has 0 heterocycles. The fourth-order valence-corrected chi connectivity index (χ4v) is 2.23. The number of unbranched alkanes of at least 4 members (excludes halogenated alkanes) is 2. The Morgan fingerprint density at radius 2 is 1.91 bits per heavy atom. The normalized spacial score (nSPS) is 10.5. The fraction of sp³-hybridized carbons (Fsp3) is 0.529. The van der Waals surface area contributed by atoms with E-state index in [1.807, 2.05) is 6.92 Å². The summed E-state index contributed by atoms with van der Waals surface area (Å²) in [6, 6.07) is 3.19. The highest BCUT2D eigenvalue weighted by Crippen LogP contribution is 2.30. The van der Waals surface area contributed by atoms with Crippen molar-refractivity contribution >= 4 is 11.8 Å². The molecule has 0 unspecified atom stereocenters. The quantitative estimate of drug-likeness (QED) is 0.510. The number of carbonyl (C=O) groups excluding carboxylic acids is 1. The van der Waals surface area contributed by atoms with Gasteiger partial charge in [0.15, 0.2) is 5.78 Å². The van der Waals surface area contributed by atoms with Crippen molar-refractivity contribution in [1.29, 1.82) is 0 Å². The second-order valence-corrected chi connectivity index (χ2v) is 5.34. The monoisotopic (exact) mass is 308 g/mol. The van der Waals surface area contributed by atoms with Gasteiger partial charge in [0, 0.05) is 12.5 Å². The van der Waals surface area contributed by atoms with Gasteiger partial charge in [-0.3, -0.25) is 9.59 Å². The Balaban J connectivity index is 2.63. The molecule has 0 bridgehead atoms. The molecule has 0 saturated heterocycles. The molecule has 22 heavy (non-hydrogen) atoms. The van der Waals surface area contributed by atoms with Crippen molar-refractivity contribution in [3.8, 4) is 11.5 Å². The van der Waals surface area contributed by atoms with Gasteiger partial charge in [-0.05, 0) is 44.2 Å². The van der Waals surface area contributed by atoms with Gasteiger partial charge in [0.25, 0.3) is 0 Å². The number of aliphatic carboxylic acids is 1. The van der Waals surface area contributed by atoms with E-state index in [0.717, 1.165) is 31.2 Å². The van der Waals surface area contributed by atoms with Gasteiger partial charge in [-0.25, -0.2) is 0 Å². The van der Waals surface area contributed by atoms with E-state index >= 15 is 0 Å². The van der Waals surface area contributed by atoms with Crippen LogP contribution in [0.2, 0.25) is 0 Å². The van der Waals surface area contributed by atoms with E-state index in [9.17, 15) is 14.7 Å². The van der Waals surface area contributed by atoms with Gasteiger partial charge in [-0.1, -0.05) is 13.3 Å². The number of carboxylic acid groups (broad SMARTS) is 1. The molecule has 0 spiro atoms. The van der Waals surface area contributed by atoms with Crippen molar-refractivity contribution in [2.24, 2.45) is 0 Å². The van der Waals surface area contributed by atoms with E-state index < -0.39 is 5.97 Å². The Bertz CT molecular complexity index is 522. The maximum Gasteiger partial charge on any atom is 0.303 e. The summed E-state index contributed by atoms with van der Waals surface area (Å²) in [5, 5.41) is 18.4. The average molecular weight is 308 g/mol. The number of ketones is 1. The zero-order chi connectivity index (χ0) is 16.5. The molecule has 0 radical (unpaired) electrons. The lowest BCUT2D eigenvalue weighted by Crippen LogP contribution is -2.03. The van der Waals surface area contributed by atoms with Crippen LogP contribution in [-0.4, -0.2) is 28.6 Å². The highest BCUT2D eigenvalue weighted by molar-refractivity contribution is 5.97. The number of carbonyl (C=O) groups is 2. The Hall–Kier alpha value is -2.04. The van der Waals surface area contributed by atoms with Gasteiger partial charge in [0.2, 0.25) is 0 Å². The number of rotatable bonds is 10. The van der Waals surface area contributed by atoms with Crippen LogP contribution in [0.1, 0.15) is 61.9 Å². The Morgan fingerprint density at radius 1 is 1.18 bits per heavy atom. The smallest absolute Gasteiger partial charge is 0.303 e. The van der Waals surface area contributed by atoms with Crippen molar-refractivity contribution in [3.05, 3.63) is 23.3 Å². The predicted octanol–water partition coefficient (Wildman–Crippen LogP) is 3.57. The number of phenolic OH excluding ortho intramolecular Hbond substituents is 1. The minimum atomic E-state index is -0.782. The molecule has 0 aliphatic rings. The maximum atomic E-state index is 11.5. The summed E-state index contributed by atoms with van der Waals surface area (Å²) in [4.78, 5) is 21.9. The van der Waals surface area contributed by atoms with Gasteiger partial charge in [0.05, 0.1) is 12.2 Å². The Morgan fingerprint density at radius 3 is 2.50 bits per heavy atom. The number of ether oxygens (including phenoxy) is 1. The summed E-state index contributed by atoms with van der Waals surface area (Å²) >= 11 is 0. The molecule has 0 fully saturated rings. The second-order valence-electron chi connectivity index (χ2n) is 5.34. The highest BCUT2D eigenvalue weighted by Gasteiger charge is 2.13. The Labute approximate surface area is 130 Å². The first kappa shape index (κ1) is 18.0. The minimum Gasteiger partial charge on any atom is -0.507 e. The molecule has 1 aromatic carbocycles. The number of aryl methyl sites for hydroxylation is 1. The van der Waals surface area contributed by atoms with Crippen LogP contribution in [0.15, 0.2) is 12.1 Å². The van der Waals surface area contributed by atoms with E-state index in [2.05, 4.69) is 0 Å². The van der Waals surface area contributed by atoms with Crippen molar-refractivity contribution in [2.75, 3.05) is 6.61 Å². The molecule has 0 aliphatic carbocycles. The van der Waals surface area contributed by atoms with Crippen molar-refractivity contribution in [3.63, 3.8) is 0 Å². The standard InChI is InChI=1S/C17H24O5/c1-3-7-13-10-14(12(2)18)15(19)11-16(13)22-9-6-4-5-8-17(20)21/h10-11,19H,3-9H2,1-2H3,(H,20,21). The molecule has 5 nitrogen and oxygen atoms in total. The minimum absolute atomic E-state index is 0.0618. The predicted molar refractivity (Wildman–Crippen MR) is 83.7 cm³/mol. The van der Waals surface area contributed by atoms with E-state index in [4.69, 9.17) is 9.84 Å². The van der Waals surface area contributed by atoms with Gasteiger partial charge < -0.3 is 14.9 Å².